The Kier molecular flexibility index (Phi) is 4.00. The predicted molar refractivity (Wildman–Crippen MR) is 47.6 cm³/mol. The van der Waals surface area contributed by atoms with Crippen molar-refractivity contribution in [3.63, 3.8) is 0 Å². The van der Waals surface area contributed by atoms with Crippen LogP contribution in [0.3, 0.4) is 0 Å². The van der Waals surface area contributed by atoms with Crippen LogP contribution in [-0.4, -0.2) is 63.6 Å². The Bertz CT molecular complexity index is 235. The average Bonchev–Trinajstić information content (AvgIpc) is 2.18. The van der Waals surface area contributed by atoms with Crippen LogP contribution >= 0.6 is 0 Å². The van der Waals surface area contributed by atoms with E-state index in [0.29, 0.717) is 0 Å². The second kappa shape index (κ2) is 4.86. The van der Waals surface area contributed by atoms with Crippen LogP contribution in [0.25, 0.3) is 0 Å². The molecule has 5 N–H and O–H groups in total. The highest BCUT2D eigenvalue weighted by Crippen LogP contribution is 2.19. The number of rotatable bonds is 2. The summed E-state index contributed by atoms with van der Waals surface area (Å²) in [6.45, 7) is 0.687. The van der Waals surface area contributed by atoms with Gasteiger partial charge in [-0.15, -0.1) is 0 Å². The third-order valence-electron chi connectivity index (χ3n) is 2.27. The molecule has 0 spiro atoms. The molecule has 1 fully saturated rings. The Morgan fingerprint density at radius 2 is 1.93 bits per heavy atom. The van der Waals surface area contributed by atoms with Crippen LogP contribution < -0.4 is 5.32 Å². The van der Waals surface area contributed by atoms with E-state index in [0.717, 1.165) is 0 Å². The first-order chi connectivity index (χ1) is 6.97. The maximum Gasteiger partial charge on any atom is 0.217 e. The van der Waals surface area contributed by atoms with E-state index in [1.165, 1.54) is 6.92 Å². The molecule has 0 aromatic rings. The van der Waals surface area contributed by atoms with E-state index in [4.69, 9.17) is 9.84 Å². The third-order valence-corrected chi connectivity index (χ3v) is 2.27. The highest BCUT2D eigenvalue weighted by atomic mass is 16.6. The number of carbonyl (C=O) groups is 1. The first-order valence-electron chi connectivity index (χ1n) is 4.55. The molecule has 0 aromatic heterocycles. The van der Waals surface area contributed by atoms with Crippen molar-refractivity contribution in [2.24, 2.45) is 0 Å². The van der Waals surface area contributed by atoms with Gasteiger partial charge >= 0.3 is 0 Å². The minimum absolute atomic E-state index is 0.462. The van der Waals surface area contributed by atoms with Gasteiger partial charge in [0.1, 0.15) is 24.4 Å². The summed E-state index contributed by atoms with van der Waals surface area (Å²) in [5, 5.41) is 39.4. The number of amides is 1. The molecule has 0 radical (unpaired) electrons. The Labute approximate surface area is 86.3 Å². The maximum absolute atomic E-state index is 10.7. The van der Waals surface area contributed by atoms with Gasteiger partial charge in [-0.2, -0.15) is 0 Å². The fourth-order valence-electron chi connectivity index (χ4n) is 1.49. The second-order valence-corrected chi connectivity index (χ2v) is 3.46. The van der Waals surface area contributed by atoms with Crippen LogP contribution in [0.15, 0.2) is 0 Å². The first kappa shape index (κ1) is 12.3. The van der Waals surface area contributed by atoms with Crippen molar-refractivity contribution in [1.29, 1.82) is 0 Å². The summed E-state index contributed by atoms with van der Waals surface area (Å²) in [4.78, 5) is 10.7. The van der Waals surface area contributed by atoms with E-state index in [9.17, 15) is 20.1 Å². The number of aliphatic hydroxyl groups excluding tert-OH is 4. The van der Waals surface area contributed by atoms with Gasteiger partial charge in [-0.1, -0.05) is 0 Å². The molecule has 7 nitrogen and oxygen atoms in total. The van der Waals surface area contributed by atoms with E-state index in [1.54, 1.807) is 0 Å². The number of nitrogens with one attached hydrogen (secondary N) is 1. The lowest BCUT2D eigenvalue weighted by molar-refractivity contribution is -0.253. The fourth-order valence-corrected chi connectivity index (χ4v) is 1.49. The van der Waals surface area contributed by atoms with Gasteiger partial charge in [-0.25, -0.2) is 0 Å². The molecule has 88 valence electrons. The van der Waals surface area contributed by atoms with Crippen molar-refractivity contribution in [3.8, 4) is 0 Å². The summed E-state index contributed by atoms with van der Waals surface area (Å²) in [7, 11) is 0. The molecule has 1 aliphatic rings. The Morgan fingerprint density at radius 1 is 1.33 bits per heavy atom. The summed E-state index contributed by atoms with van der Waals surface area (Å²) in [6, 6.07) is -1.10. The lowest BCUT2D eigenvalue weighted by atomic mass is 9.97. The maximum atomic E-state index is 10.7. The van der Waals surface area contributed by atoms with Crippen molar-refractivity contribution >= 4 is 5.91 Å². The second-order valence-electron chi connectivity index (χ2n) is 3.46. The highest BCUT2D eigenvalue weighted by molar-refractivity contribution is 5.73. The summed E-state index contributed by atoms with van der Waals surface area (Å²) < 4.78 is 4.81. The smallest absolute Gasteiger partial charge is 0.217 e. The van der Waals surface area contributed by atoms with E-state index >= 15 is 0 Å². The SMILES string of the molecule is CC(=O)N[C@@H]1[C@@H](O)[C@H](O)C(CO)O[C@@H]1O. The highest BCUT2D eigenvalue weighted by Gasteiger charge is 2.43. The number of aliphatic hydroxyl groups is 4. The molecular weight excluding hydrogens is 206 g/mol. The Hall–Kier alpha value is -0.730. The first-order valence-corrected chi connectivity index (χ1v) is 4.55. The lowest BCUT2D eigenvalue weighted by Gasteiger charge is -2.40. The molecule has 1 saturated heterocycles. The molecule has 0 saturated carbocycles. The molecular formula is C8H15NO6. The van der Waals surface area contributed by atoms with Gasteiger partial charge in [0.25, 0.3) is 0 Å². The molecule has 1 amide bonds. The molecule has 0 aliphatic carbocycles. The van der Waals surface area contributed by atoms with Crippen molar-refractivity contribution in [2.75, 3.05) is 6.61 Å². The summed E-state index contributed by atoms with van der Waals surface area (Å²) in [5.74, 6) is -0.462. The van der Waals surface area contributed by atoms with Gasteiger partial charge in [-0.3, -0.25) is 4.79 Å². The van der Waals surface area contributed by atoms with Crippen LogP contribution in [0, 0.1) is 0 Å². The van der Waals surface area contributed by atoms with Gasteiger partial charge < -0.3 is 30.5 Å². The van der Waals surface area contributed by atoms with E-state index in [2.05, 4.69) is 5.32 Å². The van der Waals surface area contributed by atoms with Gasteiger partial charge in [0, 0.05) is 6.92 Å². The molecule has 7 heteroatoms. The van der Waals surface area contributed by atoms with Crippen LogP contribution in [-0.2, 0) is 9.53 Å². The van der Waals surface area contributed by atoms with Gasteiger partial charge in [0.2, 0.25) is 5.91 Å². The summed E-state index contributed by atoms with van der Waals surface area (Å²) in [6.07, 6.45) is -5.24. The lowest BCUT2D eigenvalue weighted by Crippen LogP contribution is -2.63. The molecule has 5 atom stereocenters. The normalized spacial score (nSPS) is 41.3. The van der Waals surface area contributed by atoms with Crippen molar-refractivity contribution in [3.05, 3.63) is 0 Å². The van der Waals surface area contributed by atoms with E-state index in [1.807, 2.05) is 0 Å². The zero-order valence-electron chi connectivity index (χ0n) is 8.20. The number of carbonyl (C=O) groups excluding carboxylic acids is 1. The Morgan fingerprint density at radius 3 is 2.40 bits per heavy atom. The predicted octanol–water partition coefficient (Wildman–Crippen LogP) is -3.08. The molecule has 0 bridgehead atoms. The van der Waals surface area contributed by atoms with E-state index < -0.39 is 43.2 Å². The van der Waals surface area contributed by atoms with Crippen LogP contribution in [0.4, 0.5) is 0 Å². The van der Waals surface area contributed by atoms with Crippen LogP contribution in [0.5, 0.6) is 0 Å². The van der Waals surface area contributed by atoms with Crippen LogP contribution in [0.1, 0.15) is 6.92 Å². The van der Waals surface area contributed by atoms with Crippen LogP contribution in [0.2, 0.25) is 0 Å². The quantitative estimate of drug-likeness (QED) is 0.337. The zero-order valence-corrected chi connectivity index (χ0v) is 8.20. The number of ether oxygens (including phenoxy) is 1. The van der Waals surface area contributed by atoms with Crippen molar-refractivity contribution < 1.29 is 30.0 Å². The van der Waals surface area contributed by atoms with Crippen molar-refractivity contribution in [2.45, 2.75) is 37.6 Å². The monoisotopic (exact) mass is 221 g/mol. The molecule has 0 aromatic carbocycles. The largest absolute Gasteiger partial charge is 0.394 e. The standard InChI is InChI=1S/C8H15NO6/c1-3(11)9-5-7(13)6(12)4(2-10)15-8(5)14/h4-8,10,12-14H,2H2,1H3,(H,9,11)/t4?,5-,6-,7-,8+/m1/s1. The molecule has 1 heterocycles. The van der Waals surface area contributed by atoms with Gasteiger partial charge in [0.15, 0.2) is 6.29 Å². The topological polar surface area (TPSA) is 119 Å². The summed E-state index contributed by atoms with van der Waals surface area (Å²) in [5.41, 5.74) is 0. The molecule has 15 heavy (non-hydrogen) atoms. The molecule has 1 aliphatic heterocycles. The molecule has 1 rings (SSSR count). The minimum Gasteiger partial charge on any atom is -0.394 e. The summed E-state index contributed by atoms with van der Waals surface area (Å²) >= 11 is 0. The molecule has 1 unspecified atom stereocenters. The van der Waals surface area contributed by atoms with Gasteiger partial charge in [0.05, 0.1) is 6.61 Å². The fraction of sp³-hybridized carbons (Fsp3) is 0.875. The van der Waals surface area contributed by atoms with E-state index in [-0.39, 0.29) is 0 Å². The number of hydrogen-bond donors (Lipinski definition) is 5. The third kappa shape index (κ3) is 2.64. The minimum atomic E-state index is -1.45. The van der Waals surface area contributed by atoms with Gasteiger partial charge in [-0.05, 0) is 0 Å². The average molecular weight is 221 g/mol. The Balaban J connectivity index is 2.70. The number of hydrogen-bond acceptors (Lipinski definition) is 6. The zero-order chi connectivity index (χ0) is 11.6. The van der Waals surface area contributed by atoms with Crippen molar-refractivity contribution in [1.82, 2.24) is 5.32 Å².